The number of hydrogen-bond acceptors (Lipinski definition) is 3. The van der Waals surface area contributed by atoms with Gasteiger partial charge >= 0.3 is 0 Å². The van der Waals surface area contributed by atoms with Gasteiger partial charge in [-0.05, 0) is 24.1 Å². The Kier molecular flexibility index (Phi) is 6.16. The van der Waals surface area contributed by atoms with Gasteiger partial charge in [-0.2, -0.15) is 0 Å². The predicted octanol–water partition coefficient (Wildman–Crippen LogP) is 1.30. The van der Waals surface area contributed by atoms with E-state index in [-0.39, 0.29) is 16.7 Å². The van der Waals surface area contributed by atoms with Crippen molar-refractivity contribution in [2.45, 2.75) is 32.1 Å². The van der Waals surface area contributed by atoms with Gasteiger partial charge in [0.05, 0.1) is 4.90 Å². The molecule has 0 aromatic heterocycles. The number of amides is 1. The Labute approximate surface area is 120 Å². The van der Waals surface area contributed by atoms with E-state index in [4.69, 9.17) is 0 Å². The third-order valence-electron chi connectivity index (χ3n) is 2.81. The van der Waals surface area contributed by atoms with Crippen LogP contribution in [-0.2, 0) is 21.2 Å². The zero-order chi connectivity index (χ0) is 15.2. The summed E-state index contributed by atoms with van der Waals surface area (Å²) < 4.78 is 26.0. The van der Waals surface area contributed by atoms with Crippen LogP contribution in [-0.4, -0.2) is 27.4 Å². The second-order valence-electron chi connectivity index (χ2n) is 4.84. The van der Waals surface area contributed by atoms with E-state index in [1.807, 2.05) is 13.8 Å². The molecular formula is C14H22N2O3S. The van der Waals surface area contributed by atoms with Crippen molar-refractivity contribution in [3.63, 3.8) is 0 Å². The van der Waals surface area contributed by atoms with Gasteiger partial charge in [-0.3, -0.25) is 4.79 Å². The summed E-state index contributed by atoms with van der Waals surface area (Å²) in [5, 5.41) is 2.83. The molecule has 0 saturated heterocycles. The third kappa shape index (κ3) is 4.94. The van der Waals surface area contributed by atoms with E-state index >= 15 is 0 Å². The first-order valence-electron chi connectivity index (χ1n) is 6.73. The summed E-state index contributed by atoms with van der Waals surface area (Å²) in [6.07, 6.45) is 0.681. The first-order chi connectivity index (χ1) is 9.36. The second kappa shape index (κ2) is 7.40. The number of carbonyl (C=O) groups excluding carboxylic acids is 1. The van der Waals surface area contributed by atoms with Crippen LogP contribution < -0.4 is 10.0 Å². The summed E-state index contributed by atoms with van der Waals surface area (Å²) in [6.45, 7) is 6.34. The number of benzene rings is 1. The maximum Gasteiger partial charge on any atom is 0.240 e. The van der Waals surface area contributed by atoms with Crippen molar-refractivity contribution >= 4 is 15.9 Å². The lowest BCUT2D eigenvalue weighted by atomic mass is 10.1. The molecule has 0 spiro atoms. The smallest absolute Gasteiger partial charge is 0.240 e. The van der Waals surface area contributed by atoms with Crippen LogP contribution in [0.1, 0.15) is 26.3 Å². The highest BCUT2D eigenvalue weighted by molar-refractivity contribution is 7.89. The molecule has 0 aliphatic carbocycles. The summed E-state index contributed by atoms with van der Waals surface area (Å²) in [6, 6.07) is 6.70. The summed E-state index contributed by atoms with van der Waals surface area (Å²) in [4.78, 5) is 11.7. The first kappa shape index (κ1) is 16.7. The van der Waals surface area contributed by atoms with E-state index < -0.39 is 10.0 Å². The molecule has 0 saturated carbocycles. The molecule has 0 aliphatic rings. The fourth-order valence-electron chi connectivity index (χ4n) is 1.64. The van der Waals surface area contributed by atoms with Gasteiger partial charge in [0.2, 0.25) is 15.9 Å². The molecule has 1 amide bonds. The van der Waals surface area contributed by atoms with Crippen LogP contribution in [0.15, 0.2) is 29.2 Å². The zero-order valence-electron chi connectivity index (χ0n) is 12.1. The van der Waals surface area contributed by atoms with Gasteiger partial charge in [0.1, 0.15) is 0 Å². The maximum atomic E-state index is 11.8. The highest BCUT2D eigenvalue weighted by atomic mass is 32.2. The zero-order valence-corrected chi connectivity index (χ0v) is 13.0. The van der Waals surface area contributed by atoms with Crippen LogP contribution in [0.25, 0.3) is 0 Å². The SMILES string of the molecule is CCNS(=O)(=O)c1ccc(CCNC(=O)C(C)C)cc1. The second-order valence-corrected chi connectivity index (χ2v) is 6.61. The fraction of sp³-hybridized carbons (Fsp3) is 0.500. The Morgan fingerprint density at radius 2 is 1.80 bits per heavy atom. The molecule has 0 aliphatic heterocycles. The van der Waals surface area contributed by atoms with Gasteiger partial charge in [-0.25, -0.2) is 13.1 Å². The molecule has 20 heavy (non-hydrogen) atoms. The lowest BCUT2D eigenvalue weighted by Gasteiger charge is -2.08. The van der Waals surface area contributed by atoms with Crippen molar-refractivity contribution in [3.8, 4) is 0 Å². The quantitative estimate of drug-likeness (QED) is 0.796. The number of sulfonamides is 1. The molecule has 0 bridgehead atoms. The summed E-state index contributed by atoms with van der Waals surface area (Å²) >= 11 is 0. The Hall–Kier alpha value is -1.40. The third-order valence-corrected chi connectivity index (χ3v) is 4.37. The van der Waals surface area contributed by atoms with Gasteiger partial charge in [0, 0.05) is 19.0 Å². The number of hydrogen-bond donors (Lipinski definition) is 2. The van der Waals surface area contributed by atoms with Crippen LogP contribution >= 0.6 is 0 Å². The topological polar surface area (TPSA) is 75.3 Å². The molecule has 5 nitrogen and oxygen atoms in total. The molecule has 0 fully saturated rings. The van der Waals surface area contributed by atoms with Crippen molar-refractivity contribution in [1.82, 2.24) is 10.0 Å². The normalized spacial score (nSPS) is 11.6. The standard InChI is InChI=1S/C14H22N2O3S/c1-4-16-20(18,19)13-7-5-12(6-8-13)9-10-15-14(17)11(2)3/h5-8,11,16H,4,9-10H2,1-3H3,(H,15,17). The molecule has 0 unspecified atom stereocenters. The van der Waals surface area contributed by atoms with Crippen molar-refractivity contribution in [3.05, 3.63) is 29.8 Å². The minimum absolute atomic E-state index is 0.0244. The lowest BCUT2D eigenvalue weighted by molar-refractivity contribution is -0.123. The van der Waals surface area contributed by atoms with Gasteiger partial charge in [-0.15, -0.1) is 0 Å². The number of carbonyl (C=O) groups is 1. The summed E-state index contributed by atoms with van der Waals surface area (Å²) in [7, 11) is -3.39. The predicted molar refractivity (Wildman–Crippen MR) is 78.9 cm³/mol. The minimum Gasteiger partial charge on any atom is -0.356 e. The Morgan fingerprint density at radius 1 is 1.20 bits per heavy atom. The van der Waals surface area contributed by atoms with Crippen LogP contribution in [0.3, 0.4) is 0 Å². The Bertz CT molecular complexity index is 536. The van der Waals surface area contributed by atoms with Crippen LogP contribution in [0.2, 0.25) is 0 Å². The highest BCUT2D eigenvalue weighted by Crippen LogP contribution is 2.10. The van der Waals surface area contributed by atoms with Crippen molar-refractivity contribution in [1.29, 1.82) is 0 Å². The molecule has 1 aromatic rings. The lowest BCUT2D eigenvalue weighted by Crippen LogP contribution is -2.29. The van der Waals surface area contributed by atoms with E-state index in [0.717, 1.165) is 5.56 Å². The fourth-order valence-corrected chi connectivity index (χ4v) is 2.68. The molecule has 0 heterocycles. The molecule has 1 rings (SSSR count). The van der Waals surface area contributed by atoms with Crippen LogP contribution in [0, 0.1) is 5.92 Å². The monoisotopic (exact) mass is 298 g/mol. The number of rotatable bonds is 7. The Balaban J connectivity index is 2.57. The van der Waals surface area contributed by atoms with E-state index in [9.17, 15) is 13.2 Å². The van der Waals surface area contributed by atoms with E-state index in [1.54, 1.807) is 31.2 Å². The van der Waals surface area contributed by atoms with E-state index in [1.165, 1.54) is 0 Å². The van der Waals surface area contributed by atoms with Crippen LogP contribution in [0.5, 0.6) is 0 Å². The minimum atomic E-state index is -3.39. The average molecular weight is 298 g/mol. The number of nitrogens with one attached hydrogen (secondary N) is 2. The summed E-state index contributed by atoms with van der Waals surface area (Å²) in [5.74, 6) is -0.000944. The van der Waals surface area contributed by atoms with Gasteiger partial charge in [0.15, 0.2) is 0 Å². The molecule has 0 atom stereocenters. The molecular weight excluding hydrogens is 276 g/mol. The van der Waals surface area contributed by atoms with Crippen LogP contribution in [0.4, 0.5) is 0 Å². The maximum absolute atomic E-state index is 11.8. The van der Waals surface area contributed by atoms with E-state index in [0.29, 0.717) is 19.5 Å². The van der Waals surface area contributed by atoms with Gasteiger partial charge in [0.25, 0.3) is 0 Å². The Morgan fingerprint density at radius 3 is 2.30 bits per heavy atom. The molecule has 0 radical (unpaired) electrons. The first-order valence-corrected chi connectivity index (χ1v) is 8.21. The summed E-state index contributed by atoms with van der Waals surface area (Å²) in [5.41, 5.74) is 0.990. The molecule has 112 valence electrons. The van der Waals surface area contributed by atoms with Crippen molar-refractivity contribution < 1.29 is 13.2 Å². The molecule has 1 aromatic carbocycles. The van der Waals surface area contributed by atoms with Gasteiger partial charge < -0.3 is 5.32 Å². The van der Waals surface area contributed by atoms with Crippen molar-refractivity contribution in [2.24, 2.45) is 5.92 Å². The average Bonchev–Trinajstić information content (AvgIpc) is 2.39. The van der Waals surface area contributed by atoms with E-state index in [2.05, 4.69) is 10.0 Å². The van der Waals surface area contributed by atoms with Crippen molar-refractivity contribution in [2.75, 3.05) is 13.1 Å². The molecule has 2 N–H and O–H groups in total. The molecule has 6 heteroatoms. The highest BCUT2D eigenvalue weighted by Gasteiger charge is 2.11. The largest absolute Gasteiger partial charge is 0.356 e. The van der Waals surface area contributed by atoms with Gasteiger partial charge in [-0.1, -0.05) is 32.9 Å².